The Morgan fingerprint density at radius 2 is 1.86 bits per heavy atom. The smallest absolute Gasteiger partial charge is 0.251 e. The van der Waals surface area contributed by atoms with Crippen LogP contribution in [0.25, 0.3) is 0 Å². The summed E-state index contributed by atoms with van der Waals surface area (Å²) in [7, 11) is 0. The standard InChI is InChI=1S/C22H26ClN3O2/c1-15-10-11-17(23)13-20(15)24-14-21(27)25-19-9-5-6-16(12-19)22(28)26-18-7-3-2-4-8-18/h5-6,9-13,18,24H,2-4,7-8,14H2,1H3,(H,25,27)(H,26,28). The number of hydrogen-bond donors (Lipinski definition) is 3. The van der Waals surface area contributed by atoms with E-state index in [1.165, 1.54) is 19.3 Å². The Kier molecular flexibility index (Phi) is 6.93. The van der Waals surface area contributed by atoms with Crippen LogP contribution in [0.1, 0.15) is 48.0 Å². The molecular weight excluding hydrogens is 374 g/mol. The Hall–Kier alpha value is -2.53. The van der Waals surface area contributed by atoms with Gasteiger partial charge in [0.25, 0.3) is 5.91 Å². The Bertz CT molecular complexity index is 847. The van der Waals surface area contributed by atoms with Crippen molar-refractivity contribution in [1.29, 1.82) is 0 Å². The molecule has 1 saturated carbocycles. The van der Waals surface area contributed by atoms with Gasteiger partial charge in [-0.1, -0.05) is 43.0 Å². The molecule has 0 heterocycles. The Morgan fingerprint density at radius 1 is 1.07 bits per heavy atom. The predicted octanol–water partition coefficient (Wildman–Crippen LogP) is 4.76. The average Bonchev–Trinajstić information content (AvgIpc) is 2.69. The topological polar surface area (TPSA) is 70.2 Å². The van der Waals surface area contributed by atoms with Crippen LogP contribution in [0.15, 0.2) is 42.5 Å². The Morgan fingerprint density at radius 3 is 2.64 bits per heavy atom. The first-order valence-electron chi connectivity index (χ1n) is 9.72. The number of anilines is 2. The van der Waals surface area contributed by atoms with Gasteiger partial charge in [-0.05, 0) is 55.7 Å². The zero-order valence-corrected chi connectivity index (χ0v) is 16.8. The van der Waals surface area contributed by atoms with E-state index in [1.54, 1.807) is 30.3 Å². The number of nitrogens with one attached hydrogen (secondary N) is 3. The molecule has 3 N–H and O–H groups in total. The van der Waals surface area contributed by atoms with Crippen molar-refractivity contribution in [2.24, 2.45) is 0 Å². The molecule has 5 nitrogen and oxygen atoms in total. The van der Waals surface area contributed by atoms with Crippen molar-refractivity contribution < 1.29 is 9.59 Å². The molecule has 2 aromatic rings. The molecule has 0 spiro atoms. The number of aryl methyl sites for hydroxylation is 1. The molecule has 0 radical (unpaired) electrons. The summed E-state index contributed by atoms with van der Waals surface area (Å²) in [4.78, 5) is 24.8. The van der Waals surface area contributed by atoms with E-state index in [0.717, 1.165) is 24.1 Å². The fourth-order valence-electron chi connectivity index (χ4n) is 3.42. The first-order chi connectivity index (χ1) is 13.5. The van der Waals surface area contributed by atoms with E-state index >= 15 is 0 Å². The molecule has 0 atom stereocenters. The molecule has 2 aromatic carbocycles. The van der Waals surface area contributed by atoms with Crippen LogP contribution in [0, 0.1) is 6.92 Å². The van der Waals surface area contributed by atoms with E-state index in [2.05, 4.69) is 16.0 Å². The predicted molar refractivity (Wildman–Crippen MR) is 114 cm³/mol. The van der Waals surface area contributed by atoms with Crippen LogP contribution in [0.4, 0.5) is 11.4 Å². The van der Waals surface area contributed by atoms with Crippen molar-refractivity contribution in [3.8, 4) is 0 Å². The van der Waals surface area contributed by atoms with Crippen LogP contribution >= 0.6 is 11.6 Å². The largest absolute Gasteiger partial charge is 0.376 e. The summed E-state index contributed by atoms with van der Waals surface area (Å²) in [6.45, 7) is 2.06. The van der Waals surface area contributed by atoms with Crippen molar-refractivity contribution in [2.45, 2.75) is 45.1 Å². The number of halogens is 1. The maximum atomic E-state index is 12.5. The van der Waals surface area contributed by atoms with Crippen LogP contribution in [0.3, 0.4) is 0 Å². The van der Waals surface area contributed by atoms with E-state index in [4.69, 9.17) is 11.6 Å². The van der Waals surface area contributed by atoms with Crippen LogP contribution < -0.4 is 16.0 Å². The van der Waals surface area contributed by atoms with E-state index in [-0.39, 0.29) is 24.4 Å². The Balaban J connectivity index is 1.55. The normalized spacial score (nSPS) is 14.4. The van der Waals surface area contributed by atoms with Crippen molar-refractivity contribution in [1.82, 2.24) is 5.32 Å². The third kappa shape index (κ3) is 5.73. The molecular formula is C22H26ClN3O2. The van der Waals surface area contributed by atoms with Gasteiger partial charge in [0, 0.05) is 28.0 Å². The number of hydrogen-bond acceptors (Lipinski definition) is 3. The lowest BCUT2D eigenvalue weighted by molar-refractivity contribution is -0.114. The van der Waals surface area contributed by atoms with Crippen molar-refractivity contribution in [3.63, 3.8) is 0 Å². The Labute approximate surface area is 170 Å². The van der Waals surface area contributed by atoms with Gasteiger partial charge in [-0.15, -0.1) is 0 Å². The van der Waals surface area contributed by atoms with Gasteiger partial charge in [-0.25, -0.2) is 0 Å². The minimum absolute atomic E-state index is 0.0873. The van der Waals surface area contributed by atoms with Gasteiger partial charge in [0.05, 0.1) is 6.54 Å². The van der Waals surface area contributed by atoms with E-state index in [1.807, 2.05) is 19.1 Å². The van der Waals surface area contributed by atoms with Gasteiger partial charge < -0.3 is 16.0 Å². The second-order valence-electron chi connectivity index (χ2n) is 7.25. The van der Waals surface area contributed by atoms with Gasteiger partial charge in [0.1, 0.15) is 0 Å². The molecule has 0 aromatic heterocycles. The highest BCUT2D eigenvalue weighted by atomic mass is 35.5. The first-order valence-corrected chi connectivity index (χ1v) is 10.1. The number of benzene rings is 2. The third-order valence-electron chi connectivity index (χ3n) is 4.99. The minimum Gasteiger partial charge on any atom is -0.376 e. The highest BCUT2D eigenvalue weighted by molar-refractivity contribution is 6.30. The number of carbonyl (C=O) groups excluding carboxylic acids is 2. The molecule has 2 amide bonds. The maximum Gasteiger partial charge on any atom is 0.251 e. The summed E-state index contributed by atoms with van der Waals surface area (Å²) < 4.78 is 0. The number of rotatable bonds is 6. The van der Waals surface area contributed by atoms with Gasteiger partial charge in [-0.2, -0.15) is 0 Å². The summed E-state index contributed by atoms with van der Waals surface area (Å²) in [5, 5.41) is 9.63. The zero-order chi connectivity index (χ0) is 19.9. The highest BCUT2D eigenvalue weighted by Crippen LogP contribution is 2.20. The van der Waals surface area contributed by atoms with Crippen molar-refractivity contribution >= 4 is 34.8 Å². The fourth-order valence-corrected chi connectivity index (χ4v) is 3.59. The van der Waals surface area contributed by atoms with Gasteiger partial charge >= 0.3 is 0 Å². The van der Waals surface area contributed by atoms with E-state index in [0.29, 0.717) is 16.3 Å². The molecule has 3 rings (SSSR count). The molecule has 1 fully saturated rings. The summed E-state index contributed by atoms with van der Waals surface area (Å²) in [6.07, 6.45) is 5.66. The summed E-state index contributed by atoms with van der Waals surface area (Å²) >= 11 is 6.00. The number of carbonyl (C=O) groups is 2. The third-order valence-corrected chi connectivity index (χ3v) is 5.22. The van der Waals surface area contributed by atoms with Crippen molar-refractivity contribution in [2.75, 3.05) is 17.2 Å². The summed E-state index contributed by atoms with van der Waals surface area (Å²) in [6, 6.07) is 12.8. The minimum atomic E-state index is -0.191. The highest BCUT2D eigenvalue weighted by Gasteiger charge is 2.17. The number of amides is 2. The fraction of sp³-hybridized carbons (Fsp3) is 0.364. The molecule has 1 aliphatic carbocycles. The van der Waals surface area contributed by atoms with Gasteiger partial charge in [0.2, 0.25) is 5.91 Å². The van der Waals surface area contributed by atoms with Crippen LogP contribution in [0.5, 0.6) is 0 Å². The van der Waals surface area contributed by atoms with Crippen LogP contribution in [-0.4, -0.2) is 24.4 Å². The quantitative estimate of drug-likeness (QED) is 0.655. The second kappa shape index (κ2) is 9.60. The molecule has 6 heteroatoms. The molecule has 1 aliphatic rings. The van der Waals surface area contributed by atoms with Crippen LogP contribution in [0.2, 0.25) is 5.02 Å². The monoisotopic (exact) mass is 399 g/mol. The molecule has 0 unspecified atom stereocenters. The SMILES string of the molecule is Cc1ccc(Cl)cc1NCC(=O)Nc1cccc(C(=O)NC2CCCCC2)c1. The average molecular weight is 400 g/mol. The van der Waals surface area contributed by atoms with E-state index in [9.17, 15) is 9.59 Å². The zero-order valence-electron chi connectivity index (χ0n) is 16.1. The molecule has 0 aliphatic heterocycles. The molecule has 0 bridgehead atoms. The summed E-state index contributed by atoms with van der Waals surface area (Å²) in [5.41, 5.74) is 3.00. The first kappa shape index (κ1) is 20.2. The second-order valence-corrected chi connectivity index (χ2v) is 7.69. The molecule has 28 heavy (non-hydrogen) atoms. The van der Waals surface area contributed by atoms with Gasteiger partial charge in [-0.3, -0.25) is 9.59 Å². The molecule has 148 valence electrons. The lowest BCUT2D eigenvalue weighted by Crippen LogP contribution is -2.36. The van der Waals surface area contributed by atoms with Crippen molar-refractivity contribution in [3.05, 3.63) is 58.6 Å². The molecule has 0 saturated heterocycles. The lowest BCUT2D eigenvalue weighted by atomic mass is 9.95. The summed E-state index contributed by atoms with van der Waals surface area (Å²) in [5.74, 6) is -0.278. The van der Waals surface area contributed by atoms with E-state index < -0.39 is 0 Å². The van der Waals surface area contributed by atoms with Crippen LogP contribution in [-0.2, 0) is 4.79 Å². The maximum absolute atomic E-state index is 12.5. The lowest BCUT2D eigenvalue weighted by Gasteiger charge is -2.22. The van der Waals surface area contributed by atoms with Gasteiger partial charge in [0.15, 0.2) is 0 Å².